The van der Waals surface area contributed by atoms with Crippen LogP contribution in [0.4, 0.5) is 18.9 Å². The van der Waals surface area contributed by atoms with Gasteiger partial charge in [-0.25, -0.2) is 18.2 Å². The first-order chi connectivity index (χ1) is 18.8. The Morgan fingerprint density at radius 3 is 2.27 bits per heavy atom. The highest BCUT2D eigenvalue weighted by atomic mass is 32.2. The predicted octanol–water partition coefficient (Wildman–Crippen LogP) is 4.13. The van der Waals surface area contributed by atoms with Gasteiger partial charge in [0.25, 0.3) is 5.91 Å². The summed E-state index contributed by atoms with van der Waals surface area (Å²) in [4.78, 5) is 24.5. The Kier molecular flexibility index (Phi) is 6.56. The molecule has 0 atom stereocenters. The van der Waals surface area contributed by atoms with E-state index in [1.54, 1.807) is 30.3 Å². The highest BCUT2D eigenvalue weighted by molar-refractivity contribution is 7.89. The number of aromatic nitrogens is 2. The summed E-state index contributed by atoms with van der Waals surface area (Å²) < 4.78 is 64.3. The van der Waals surface area contributed by atoms with Crippen molar-refractivity contribution in [2.45, 2.75) is 17.5 Å². The van der Waals surface area contributed by atoms with Gasteiger partial charge in [-0.15, -0.1) is 0 Å². The summed E-state index contributed by atoms with van der Waals surface area (Å²) in [5.41, 5.74) is 5.98. The van der Waals surface area contributed by atoms with Crippen LogP contribution in [0.15, 0.2) is 83.8 Å². The minimum atomic E-state index is -4.60. The third-order valence-electron chi connectivity index (χ3n) is 6.20. The van der Waals surface area contributed by atoms with E-state index in [4.69, 9.17) is 10.9 Å². The monoisotopic (exact) mass is 567 g/mol. The summed E-state index contributed by atoms with van der Waals surface area (Å²) >= 11 is 0. The lowest BCUT2D eigenvalue weighted by atomic mass is 10.0. The fraction of sp³-hybridized carbons (Fsp3) is 0.0741. The Morgan fingerprint density at radius 2 is 1.62 bits per heavy atom. The quantitative estimate of drug-likeness (QED) is 0.282. The van der Waals surface area contributed by atoms with Gasteiger partial charge < -0.3 is 11.1 Å². The SMILES string of the molecule is NC(=O)Cc1nn(-c2ccc(S(N)(=O)=O)cc2)c2c1ccc1ccc(NC(=O)c3cccc(C(F)(F)F)c3)cc12. The van der Waals surface area contributed by atoms with Gasteiger partial charge in [0.1, 0.15) is 0 Å². The number of nitrogens with one attached hydrogen (secondary N) is 1. The molecule has 40 heavy (non-hydrogen) atoms. The molecule has 0 aliphatic rings. The second kappa shape index (κ2) is 9.77. The number of carbonyl (C=O) groups is 2. The number of rotatable bonds is 6. The van der Waals surface area contributed by atoms with E-state index in [2.05, 4.69) is 10.4 Å². The molecule has 0 saturated carbocycles. The van der Waals surface area contributed by atoms with E-state index < -0.39 is 33.6 Å². The van der Waals surface area contributed by atoms with Crippen molar-refractivity contribution in [2.75, 3.05) is 5.32 Å². The minimum Gasteiger partial charge on any atom is -0.369 e. The number of alkyl halides is 3. The smallest absolute Gasteiger partial charge is 0.369 e. The maximum Gasteiger partial charge on any atom is 0.416 e. The molecule has 5 N–H and O–H groups in total. The predicted molar refractivity (Wildman–Crippen MR) is 142 cm³/mol. The van der Waals surface area contributed by atoms with Gasteiger partial charge in [0, 0.05) is 22.0 Å². The van der Waals surface area contributed by atoms with Gasteiger partial charge in [0.2, 0.25) is 15.9 Å². The van der Waals surface area contributed by atoms with Crippen molar-refractivity contribution in [3.8, 4) is 5.69 Å². The van der Waals surface area contributed by atoms with Crippen molar-refractivity contribution in [3.05, 3.63) is 95.7 Å². The first-order valence-electron chi connectivity index (χ1n) is 11.7. The zero-order valence-corrected chi connectivity index (χ0v) is 21.3. The van der Waals surface area contributed by atoms with E-state index in [-0.39, 0.29) is 16.9 Å². The van der Waals surface area contributed by atoms with Crippen LogP contribution in [0.2, 0.25) is 0 Å². The average molecular weight is 568 g/mol. The van der Waals surface area contributed by atoms with E-state index >= 15 is 0 Å². The molecular formula is C27H20F3N5O4S. The fourth-order valence-corrected chi connectivity index (χ4v) is 4.88. The Labute approximate surface area is 225 Å². The molecule has 1 heterocycles. The van der Waals surface area contributed by atoms with Gasteiger partial charge in [-0.3, -0.25) is 9.59 Å². The highest BCUT2D eigenvalue weighted by Gasteiger charge is 2.31. The van der Waals surface area contributed by atoms with Crippen LogP contribution >= 0.6 is 0 Å². The van der Waals surface area contributed by atoms with Crippen LogP contribution in [-0.4, -0.2) is 30.0 Å². The van der Waals surface area contributed by atoms with Crippen LogP contribution in [0.3, 0.4) is 0 Å². The number of sulfonamides is 1. The molecule has 4 aromatic carbocycles. The number of anilines is 1. The van der Waals surface area contributed by atoms with Crippen molar-refractivity contribution in [2.24, 2.45) is 10.9 Å². The number of primary sulfonamides is 1. The fourth-order valence-electron chi connectivity index (χ4n) is 4.37. The Hall–Kier alpha value is -4.75. The molecule has 0 fully saturated rings. The second-order valence-corrected chi connectivity index (χ2v) is 10.5. The summed E-state index contributed by atoms with van der Waals surface area (Å²) in [5, 5.41) is 14.3. The molecule has 5 rings (SSSR count). The maximum atomic E-state index is 13.1. The molecule has 5 aromatic rings. The number of amides is 2. The van der Waals surface area contributed by atoms with Crippen LogP contribution in [-0.2, 0) is 27.4 Å². The number of nitrogens with two attached hydrogens (primary N) is 2. The highest BCUT2D eigenvalue weighted by Crippen LogP contribution is 2.33. The number of hydrogen-bond donors (Lipinski definition) is 3. The molecule has 0 saturated heterocycles. The minimum absolute atomic E-state index is 0.102. The van der Waals surface area contributed by atoms with E-state index in [1.165, 1.54) is 35.0 Å². The Balaban J connectivity index is 1.63. The molecule has 13 heteroatoms. The molecule has 0 spiro atoms. The van der Waals surface area contributed by atoms with Crippen molar-refractivity contribution in [1.82, 2.24) is 9.78 Å². The van der Waals surface area contributed by atoms with Gasteiger partial charge in [-0.1, -0.05) is 24.3 Å². The summed E-state index contributed by atoms with van der Waals surface area (Å²) in [5.74, 6) is -1.35. The Morgan fingerprint density at radius 1 is 0.925 bits per heavy atom. The number of fused-ring (bicyclic) bond motifs is 3. The molecule has 0 bridgehead atoms. The second-order valence-electron chi connectivity index (χ2n) is 8.97. The van der Waals surface area contributed by atoms with Crippen LogP contribution < -0.4 is 16.2 Å². The molecule has 1 aromatic heterocycles. The number of nitrogens with zero attached hydrogens (tertiary/aromatic N) is 2. The maximum absolute atomic E-state index is 13.1. The molecule has 0 aliphatic heterocycles. The van der Waals surface area contributed by atoms with Gasteiger partial charge >= 0.3 is 6.18 Å². The molecule has 0 aliphatic carbocycles. The van der Waals surface area contributed by atoms with E-state index in [0.717, 1.165) is 23.6 Å². The van der Waals surface area contributed by atoms with Crippen LogP contribution in [0.5, 0.6) is 0 Å². The topological polar surface area (TPSA) is 150 Å². The average Bonchev–Trinajstić information content (AvgIpc) is 3.26. The van der Waals surface area contributed by atoms with Crippen molar-refractivity contribution in [1.29, 1.82) is 0 Å². The lowest BCUT2D eigenvalue weighted by Gasteiger charge is -2.11. The summed E-state index contributed by atoms with van der Waals surface area (Å²) in [6.45, 7) is 0. The number of carbonyl (C=O) groups excluding carboxylic acids is 2. The van der Waals surface area contributed by atoms with E-state index in [0.29, 0.717) is 33.4 Å². The molecule has 204 valence electrons. The number of hydrogen-bond acceptors (Lipinski definition) is 5. The standard InChI is InChI=1S/C27H20F3N5O4S/c28-27(29,30)17-3-1-2-16(12-17)26(37)33-18-6-4-15-5-11-21-23(14-24(31)36)34-35(25(21)22(15)13-18)19-7-9-20(10-8-19)40(32,38)39/h1-13H,14H2,(H2,31,36)(H,33,37)(H2,32,38,39). The first-order valence-corrected chi connectivity index (χ1v) is 13.2. The summed E-state index contributed by atoms with van der Waals surface area (Å²) in [6.07, 6.45) is -4.77. The lowest BCUT2D eigenvalue weighted by Crippen LogP contribution is -2.14. The van der Waals surface area contributed by atoms with Crippen molar-refractivity contribution < 1.29 is 31.2 Å². The van der Waals surface area contributed by atoms with E-state index in [9.17, 15) is 31.2 Å². The molecule has 0 radical (unpaired) electrons. The van der Waals surface area contributed by atoms with Crippen molar-refractivity contribution >= 4 is 49.2 Å². The normalized spacial score (nSPS) is 12.1. The molecular weight excluding hydrogens is 547 g/mol. The van der Waals surface area contributed by atoms with Crippen LogP contribution in [0, 0.1) is 0 Å². The van der Waals surface area contributed by atoms with Crippen LogP contribution in [0.1, 0.15) is 21.6 Å². The zero-order valence-electron chi connectivity index (χ0n) is 20.4. The third-order valence-corrected chi connectivity index (χ3v) is 7.13. The van der Waals surface area contributed by atoms with Gasteiger partial charge in [0.05, 0.1) is 33.8 Å². The van der Waals surface area contributed by atoms with E-state index in [1.807, 2.05) is 0 Å². The molecule has 0 unspecified atom stereocenters. The molecule has 9 nitrogen and oxygen atoms in total. The molecule has 2 amide bonds. The van der Waals surface area contributed by atoms with Gasteiger partial charge in [0.15, 0.2) is 0 Å². The first kappa shape index (κ1) is 26.8. The largest absolute Gasteiger partial charge is 0.416 e. The summed E-state index contributed by atoms with van der Waals surface area (Å²) in [7, 11) is -3.93. The lowest BCUT2D eigenvalue weighted by molar-refractivity contribution is -0.137. The number of halogens is 3. The van der Waals surface area contributed by atoms with Gasteiger partial charge in [-0.2, -0.15) is 18.3 Å². The Bertz CT molecular complexity index is 1920. The number of primary amides is 1. The zero-order chi connectivity index (χ0) is 28.8. The number of benzene rings is 4. The van der Waals surface area contributed by atoms with Gasteiger partial charge in [-0.05, 0) is 60.0 Å². The summed E-state index contributed by atoms with van der Waals surface area (Å²) in [6, 6.07) is 18.2. The van der Waals surface area contributed by atoms with Crippen molar-refractivity contribution in [3.63, 3.8) is 0 Å². The van der Waals surface area contributed by atoms with Crippen LogP contribution in [0.25, 0.3) is 27.4 Å². The third kappa shape index (κ3) is 5.24.